The smallest absolute Gasteiger partial charge is 0.251 e. The van der Waals surface area contributed by atoms with Crippen LogP contribution in [0, 0.1) is 12.8 Å². The van der Waals surface area contributed by atoms with Gasteiger partial charge in [-0.15, -0.1) is 0 Å². The van der Waals surface area contributed by atoms with Crippen LogP contribution in [0.15, 0.2) is 47.3 Å². The summed E-state index contributed by atoms with van der Waals surface area (Å²) in [5.41, 5.74) is 5.29. The lowest BCUT2D eigenvalue weighted by Gasteiger charge is -2.17. The van der Waals surface area contributed by atoms with E-state index in [1.165, 1.54) is 0 Å². The number of hydrogen-bond acceptors (Lipinski definition) is 3. The molecule has 1 unspecified atom stereocenters. The van der Waals surface area contributed by atoms with Gasteiger partial charge in [0.1, 0.15) is 0 Å². The van der Waals surface area contributed by atoms with Gasteiger partial charge >= 0.3 is 0 Å². The van der Waals surface area contributed by atoms with Gasteiger partial charge in [0, 0.05) is 35.3 Å². The van der Waals surface area contributed by atoms with Crippen molar-refractivity contribution in [3.63, 3.8) is 0 Å². The number of nitrogens with one attached hydrogen (secondary N) is 2. The summed E-state index contributed by atoms with van der Waals surface area (Å²) in [6.45, 7) is 2.36. The number of aromatic amines is 1. The molecule has 1 aliphatic carbocycles. The number of nitrogens with zero attached hydrogens (tertiary/aromatic N) is 1. The van der Waals surface area contributed by atoms with Gasteiger partial charge in [-0.25, -0.2) is 0 Å². The van der Waals surface area contributed by atoms with Crippen molar-refractivity contribution in [2.75, 3.05) is 16.8 Å². The van der Waals surface area contributed by atoms with E-state index in [-0.39, 0.29) is 23.8 Å². The number of carbonyl (C=O) groups excluding carboxylic acids is 2. The third-order valence-electron chi connectivity index (χ3n) is 6.19. The molecule has 6 nitrogen and oxygen atoms in total. The van der Waals surface area contributed by atoms with E-state index in [4.69, 9.17) is 0 Å². The summed E-state index contributed by atoms with van der Waals surface area (Å²) in [4.78, 5) is 42.2. The van der Waals surface area contributed by atoms with E-state index in [1.54, 1.807) is 4.90 Å². The molecule has 2 N–H and O–H groups in total. The number of anilines is 2. The number of fused-ring (bicyclic) bond motifs is 3. The van der Waals surface area contributed by atoms with Crippen LogP contribution in [0.25, 0.3) is 10.9 Å². The second kappa shape index (κ2) is 7.13. The molecule has 152 valence electrons. The molecule has 30 heavy (non-hydrogen) atoms. The predicted octanol–water partition coefficient (Wildman–Crippen LogP) is 3.32. The molecule has 1 saturated heterocycles. The molecule has 2 aliphatic rings. The molecule has 2 aromatic carbocycles. The van der Waals surface area contributed by atoms with Crippen LogP contribution < -0.4 is 15.8 Å². The van der Waals surface area contributed by atoms with Crippen LogP contribution in [0.5, 0.6) is 0 Å². The number of rotatable bonds is 3. The molecule has 1 fully saturated rings. The van der Waals surface area contributed by atoms with Crippen molar-refractivity contribution in [1.29, 1.82) is 0 Å². The van der Waals surface area contributed by atoms with Gasteiger partial charge in [0.05, 0.1) is 11.4 Å². The molecule has 2 heterocycles. The van der Waals surface area contributed by atoms with Gasteiger partial charge in [-0.1, -0.05) is 23.8 Å². The van der Waals surface area contributed by atoms with Crippen LogP contribution in [0.4, 0.5) is 11.4 Å². The monoisotopic (exact) mass is 401 g/mol. The summed E-state index contributed by atoms with van der Waals surface area (Å²) in [6, 6.07) is 13.4. The van der Waals surface area contributed by atoms with Crippen molar-refractivity contribution in [3.05, 3.63) is 69.5 Å². The Balaban J connectivity index is 1.35. The number of hydrogen-bond donors (Lipinski definition) is 2. The quantitative estimate of drug-likeness (QED) is 0.706. The summed E-state index contributed by atoms with van der Waals surface area (Å²) in [5.74, 6) is -0.633. The molecule has 1 atom stereocenters. The summed E-state index contributed by atoms with van der Waals surface area (Å²) >= 11 is 0. The van der Waals surface area contributed by atoms with Gasteiger partial charge in [0.15, 0.2) is 0 Å². The van der Waals surface area contributed by atoms with Gasteiger partial charge in [0.25, 0.3) is 5.56 Å². The van der Waals surface area contributed by atoms with E-state index < -0.39 is 5.92 Å². The minimum atomic E-state index is -0.409. The van der Waals surface area contributed by atoms with E-state index >= 15 is 0 Å². The lowest BCUT2D eigenvalue weighted by molar-refractivity contribution is -0.122. The maximum Gasteiger partial charge on any atom is 0.251 e. The number of aromatic nitrogens is 1. The Labute approximate surface area is 173 Å². The highest BCUT2D eigenvalue weighted by atomic mass is 16.2. The second-order valence-corrected chi connectivity index (χ2v) is 8.26. The molecular formula is C24H23N3O3. The average Bonchev–Trinajstić information content (AvgIpc) is 3.36. The summed E-state index contributed by atoms with van der Waals surface area (Å²) in [6.07, 6.45) is 2.94. The van der Waals surface area contributed by atoms with Crippen molar-refractivity contribution >= 4 is 34.1 Å². The Kier molecular flexibility index (Phi) is 4.42. The fraction of sp³-hybridized carbons (Fsp3) is 0.292. The Morgan fingerprint density at radius 2 is 1.83 bits per heavy atom. The maximum atomic E-state index is 12.8. The van der Waals surface area contributed by atoms with Crippen molar-refractivity contribution < 1.29 is 9.59 Å². The molecular weight excluding hydrogens is 378 g/mol. The SMILES string of the molecule is Cc1ccc(N2CC(C(=O)Nc3ccc4c5c(c(=O)[nH]c4c3)CCC5)CC2=O)cc1. The van der Waals surface area contributed by atoms with E-state index in [9.17, 15) is 14.4 Å². The number of H-pyrrole nitrogens is 1. The van der Waals surface area contributed by atoms with Gasteiger partial charge < -0.3 is 15.2 Å². The summed E-state index contributed by atoms with van der Waals surface area (Å²) in [5, 5.41) is 3.97. The van der Waals surface area contributed by atoms with Crippen LogP contribution in [0.3, 0.4) is 0 Å². The van der Waals surface area contributed by atoms with Crippen molar-refractivity contribution in [1.82, 2.24) is 4.98 Å². The first-order valence-electron chi connectivity index (χ1n) is 10.4. The molecule has 5 rings (SSSR count). The van der Waals surface area contributed by atoms with Crippen LogP contribution in [0.1, 0.15) is 29.5 Å². The first kappa shape index (κ1) is 18.6. The normalized spacial score (nSPS) is 18.1. The zero-order chi connectivity index (χ0) is 20.8. The van der Waals surface area contributed by atoms with E-state index in [0.29, 0.717) is 12.2 Å². The van der Waals surface area contributed by atoms with Crippen LogP contribution in [-0.4, -0.2) is 23.3 Å². The van der Waals surface area contributed by atoms with E-state index in [0.717, 1.165) is 52.5 Å². The summed E-state index contributed by atoms with van der Waals surface area (Å²) < 4.78 is 0. The summed E-state index contributed by atoms with van der Waals surface area (Å²) in [7, 11) is 0. The molecule has 1 aromatic heterocycles. The second-order valence-electron chi connectivity index (χ2n) is 8.26. The highest BCUT2D eigenvalue weighted by Gasteiger charge is 2.35. The molecule has 2 amide bonds. The van der Waals surface area contributed by atoms with E-state index in [1.807, 2.05) is 49.4 Å². The molecule has 3 aromatic rings. The molecule has 0 radical (unpaired) electrons. The Morgan fingerprint density at radius 3 is 2.63 bits per heavy atom. The number of carbonyl (C=O) groups is 2. The van der Waals surface area contributed by atoms with Gasteiger partial charge in [0.2, 0.25) is 11.8 Å². The predicted molar refractivity (Wildman–Crippen MR) is 117 cm³/mol. The number of aryl methyl sites for hydroxylation is 2. The zero-order valence-electron chi connectivity index (χ0n) is 16.8. The minimum Gasteiger partial charge on any atom is -0.326 e. The van der Waals surface area contributed by atoms with Crippen molar-refractivity contribution in [2.24, 2.45) is 5.92 Å². The van der Waals surface area contributed by atoms with Crippen LogP contribution in [-0.2, 0) is 22.4 Å². The molecule has 1 aliphatic heterocycles. The number of pyridine rings is 1. The fourth-order valence-corrected chi connectivity index (χ4v) is 4.58. The van der Waals surface area contributed by atoms with Crippen molar-refractivity contribution in [3.8, 4) is 0 Å². The van der Waals surface area contributed by atoms with Gasteiger partial charge in [-0.05, 0) is 56.0 Å². The zero-order valence-corrected chi connectivity index (χ0v) is 16.8. The minimum absolute atomic E-state index is 0.0337. The highest BCUT2D eigenvalue weighted by molar-refractivity contribution is 6.04. The maximum absolute atomic E-state index is 12.8. The third-order valence-corrected chi connectivity index (χ3v) is 6.19. The first-order valence-corrected chi connectivity index (χ1v) is 10.4. The highest BCUT2D eigenvalue weighted by Crippen LogP contribution is 2.29. The standard InChI is InChI=1S/C24H23N3O3/c1-14-5-8-17(9-6-14)27-13-15(11-22(27)28)23(29)25-16-7-10-19-18-3-2-4-20(18)24(30)26-21(19)12-16/h5-10,12,15H,2-4,11,13H2,1H3,(H,25,29)(H,26,30). The molecule has 0 saturated carbocycles. The lowest BCUT2D eigenvalue weighted by atomic mass is 10.0. The average molecular weight is 401 g/mol. The van der Waals surface area contributed by atoms with Gasteiger partial charge in [-0.2, -0.15) is 0 Å². The Morgan fingerprint density at radius 1 is 1.07 bits per heavy atom. The Hall–Kier alpha value is -3.41. The number of amides is 2. The van der Waals surface area contributed by atoms with Crippen LogP contribution in [0.2, 0.25) is 0 Å². The molecule has 0 bridgehead atoms. The van der Waals surface area contributed by atoms with E-state index in [2.05, 4.69) is 10.3 Å². The van der Waals surface area contributed by atoms with Gasteiger partial charge in [-0.3, -0.25) is 14.4 Å². The third kappa shape index (κ3) is 3.18. The Bertz CT molecular complexity index is 1230. The largest absolute Gasteiger partial charge is 0.326 e. The van der Waals surface area contributed by atoms with Crippen LogP contribution >= 0.6 is 0 Å². The topological polar surface area (TPSA) is 82.3 Å². The first-order chi connectivity index (χ1) is 14.5. The molecule has 6 heteroatoms. The fourth-order valence-electron chi connectivity index (χ4n) is 4.58. The van der Waals surface area contributed by atoms with Crippen molar-refractivity contribution in [2.45, 2.75) is 32.6 Å². The number of benzene rings is 2. The molecule has 0 spiro atoms. The lowest BCUT2D eigenvalue weighted by Crippen LogP contribution is -2.28.